The lowest BCUT2D eigenvalue weighted by Crippen LogP contribution is -2.15. The molecule has 1 N–H and O–H groups in total. The number of hydrogen-bond donors (Lipinski definition) is 1. The summed E-state index contributed by atoms with van der Waals surface area (Å²) in [7, 11) is 2.10. The van der Waals surface area contributed by atoms with Gasteiger partial charge in [0.2, 0.25) is 0 Å². The van der Waals surface area contributed by atoms with Gasteiger partial charge in [0.05, 0.1) is 6.54 Å². The van der Waals surface area contributed by atoms with Gasteiger partial charge in [-0.3, -0.25) is 0 Å². The summed E-state index contributed by atoms with van der Waals surface area (Å²) in [5.41, 5.74) is 1.23. The van der Waals surface area contributed by atoms with Gasteiger partial charge in [-0.15, -0.1) is 11.3 Å². The minimum atomic E-state index is 0.896. The van der Waals surface area contributed by atoms with Crippen LogP contribution < -0.4 is 10.2 Å². The van der Waals surface area contributed by atoms with E-state index in [1.807, 2.05) is 12.3 Å². The summed E-state index contributed by atoms with van der Waals surface area (Å²) >= 11 is 1.72. The summed E-state index contributed by atoms with van der Waals surface area (Å²) < 4.78 is 0. The Kier molecular flexibility index (Phi) is 3.98. The van der Waals surface area contributed by atoms with E-state index in [1.165, 1.54) is 10.6 Å². The van der Waals surface area contributed by atoms with Crippen LogP contribution in [0.4, 0.5) is 10.8 Å². The Morgan fingerprint density at radius 1 is 1.29 bits per heavy atom. The van der Waals surface area contributed by atoms with Gasteiger partial charge in [-0.2, -0.15) is 0 Å². The Labute approximate surface area is 106 Å². The fourth-order valence-electron chi connectivity index (χ4n) is 1.62. The van der Waals surface area contributed by atoms with E-state index in [0.717, 1.165) is 18.2 Å². The second-order valence-electron chi connectivity index (χ2n) is 3.85. The van der Waals surface area contributed by atoms with E-state index in [4.69, 9.17) is 0 Å². The molecule has 1 aromatic carbocycles. The SMILES string of the molecule is CCNc1ncc(CN(C)c2ccccc2)s1. The van der Waals surface area contributed by atoms with Crippen molar-refractivity contribution < 1.29 is 0 Å². The lowest BCUT2D eigenvalue weighted by Gasteiger charge is -2.17. The molecule has 0 aliphatic heterocycles. The summed E-state index contributed by atoms with van der Waals surface area (Å²) in [4.78, 5) is 7.83. The number of hydrogen-bond acceptors (Lipinski definition) is 4. The smallest absolute Gasteiger partial charge is 0.182 e. The molecule has 2 rings (SSSR count). The first kappa shape index (κ1) is 11.9. The highest BCUT2D eigenvalue weighted by molar-refractivity contribution is 7.15. The number of para-hydroxylation sites is 1. The monoisotopic (exact) mass is 247 g/mol. The molecule has 0 aliphatic rings. The van der Waals surface area contributed by atoms with Crippen molar-refractivity contribution in [2.24, 2.45) is 0 Å². The minimum Gasteiger partial charge on any atom is -0.369 e. The quantitative estimate of drug-likeness (QED) is 0.879. The largest absolute Gasteiger partial charge is 0.369 e. The van der Waals surface area contributed by atoms with E-state index in [2.05, 4.69) is 53.4 Å². The lowest BCUT2D eigenvalue weighted by atomic mass is 10.3. The average Bonchev–Trinajstić information content (AvgIpc) is 2.78. The van der Waals surface area contributed by atoms with Crippen LogP contribution in [0.2, 0.25) is 0 Å². The summed E-state index contributed by atoms with van der Waals surface area (Å²) in [5, 5.41) is 4.23. The Hall–Kier alpha value is -1.55. The first-order valence-corrected chi connectivity index (χ1v) is 6.56. The van der Waals surface area contributed by atoms with Crippen LogP contribution in [0, 0.1) is 0 Å². The Bertz CT molecular complexity index is 453. The first-order valence-electron chi connectivity index (χ1n) is 5.74. The molecule has 0 saturated heterocycles. The van der Waals surface area contributed by atoms with Crippen LogP contribution >= 0.6 is 11.3 Å². The molecule has 0 spiro atoms. The molecule has 3 nitrogen and oxygen atoms in total. The van der Waals surface area contributed by atoms with Crippen LogP contribution in [-0.2, 0) is 6.54 Å². The average molecular weight is 247 g/mol. The van der Waals surface area contributed by atoms with Crippen molar-refractivity contribution in [3.8, 4) is 0 Å². The number of thiazole rings is 1. The summed E-state index contributed by atoms with van der Waals surface area (Å²) in [5.74, 6) is 0. The maximum Gasteiger partial charge on any atom is 0.182 e. The topological polar surface area (TPSA) is 28.2 Å². The molecule has 0 aliphatic carbocycles. The van der Waals surface area contributed by atoms with Gasteiger partial charge in [-0.05, 0) is 19.1 Å². The van der Waals surface area contributed by atoms with Crippen molar-refractivity contribution in [3.05, 3.63) is 41.4 Å². The van der Waals surface area contributed by atoms with Crippen LogP contribution in [0.5, 0.6) is 0 Å². The lowest BCUT2D eigenvalue weighted by molar-refractivity contribution is 0.937. The molecular formula is C13H17N3S. The van der Waals surface area contributed by atoms with E-state index < -0.39 is 0 Å². The van der Waals surface area contributed by atoms with E-state index >= 15 is 0 Å². The van der Waals surface area contributed by atoms with Crippen molar-refractivity contribution in [2.45, 2.75) is 13.5 Å². The normalized spacial score (nSPS) is 10.2. The minimum absolute atomic E-state index is 0.896. The Morgan fingerprint density at radius 2 is 2.06 bits per heavy atom. The van der Waals surface area contributed by atoms with E-state index in [0.29, 0.717) is 0 Å². The molecule has 90 valence electrons. The van der Waals surface area contributed by atoms with Gasteiger partial charge in [-0.25, -0.2) is 4.98 Å². The molecular weight excluding hydrogens is 230 g/mol. The number of anilines is 2. The second-order valence-corrected chi connectivity index (χ2v) is 4.97. The number of rotatable bonds is 5. The van der Waals surface area contributed by atoms with Crippen molar-refractivity contribution >= 4 is 22.2 Å². The van der Waals surface area contributed by atoms with Gasteiger partial charge in [0.15, 0.2) is 5.13 Å². The first-order chi connectivity index (χ1) is 8.29. The molecule has 1 heterocycles. The highest BCUT2D eigenvalue weighted by Gasteiger charge is 2.05. The van der Waals surface area contributed by atoms with Crippen molar-refractivity contribution in [2.75, 3.05) is 23.8 Å². The third-order valence-corrected chi connectivity index (χ3v) is 3.41. The van der Waals surface area contributed by atoms with Crippen molar-refractivity contribution in [3.63, 3.8) is 0 Å². The molecule has 0 unspecified atom stereocenters. The number of aromatic nitrogens is 1. The maximum absolute atomic E-state index is 4.33. The standard InChI is InChI=1S/C13H17N3S/c1-3-14-13-15-9-12(17-13)10-16(2)11-7-5-4-6-8-11/h4-9H,3,10H2,1-2H3,(H,14,15). The molecule has 0 radical (unpaired) electrons. The maximum atomic E-state index is 4.33. The number of nitrogens with one attached hydrogen (secondary N) is 1. The summed E-state index contributed by atoms with van der Waals surface area (Å²) in [6.07, 6.45) is 1.95. The number of benzene rings is 1. The van der Waals surface area contributed by atoms with Crippen LogP contribution in [-0.4, -0.2) is 18.6 Å². The molecule has 0 bridgehead atoms. The van der Waals surface area contributed by atoms with E-state index in [1.54, 1.807) is 11.3 Å². The Morgan fingerprint density at radius 3 is 2.76 bits per heavy atom. The fraction of sp³-hybridized carbons (Fsp3) is 0.308. The van der Waals surface area contributed by atoms with E-state index in [9.17, 15) is 0 Å². The van der Waals surface area contributed by atoms with Crippen LogP contribution in [0.15, 0.2) is 36.5 Å². The van der Waals surface area contributed by atoms with Gasteiger partial charge in [0, 0.05) is 30.4 Å². The second kappa shape index (κ2) is 5.68. The van der Waals surface area contributed by atoms with Crippen LogP contribution in [0.3, 0.4) is 0 Å². The highest BCUT2D eigenvalue weighted by atomic mass is 32.1. The fourth-order valence-corrected chi connectivity index (χ4v) is 2.55. The summed E-state index contributed by atoms with van der Waals surface area (Å²) in [6.45, 7) is 3.89. The predicted molar refractivity (Wildman–Crippen MR) is 74.8 cm³/mol. The van der Waals surface area contributed by atoms with Gasteiger partial charge < -0.3 is 10.2 Å². The molecule has 0 fully saturated rings. The van der Waals surface area contributed by atoms with Gasteiger partial charge in [0.25, 0.3) is 0 Å². The van der Waals surface area contributed by atoms with Crippen LogP contribution in [0.25, 0.3) is 0 Å². The predicted octanol–water partition coefficient (Wildman–Crippen LogP) is 3.21. The molecule has 2 aromatic rings. The molecule has 17 heavy (non-hydrogen) atoms. The van der Waals surface area contributed by atoms with Crippen molar-refractivity contribution in [1.82, 2.24) is 4.98 Å². The van der Waals surface area contributed by atoms with E-state index in [-0.39, 0.29) is 0 Å². The molecule has 1 aromatic heterocycles. The molecule has 0 saturated carbocycles. The number of nitrogens with zero attached hydrogens (tertiary/aromatic N) is 2. The third-order valence-electron chi connectivity index (χ3n) is 2.47. The van der Waals surface area contributed by atoms with Crippen LogP contribution in [0.1, 0.15) is 11.8 Å². The zero-order chi connectivity index (χ0) is 12.1. The zero-order valence-corrected chi connectivity index (χ0v) is 11.0. The van der Waals surface area contributed by atoms with Gasteiger partial charge in [-0.1, -0.05) is 18.2 Å². The molecule has 0 amide bonds. The third kappa shape index (κ3) is 3.20. The Balaban J connectivity index is 2.00. The van der Waals surface area contributed by atoms with Gasteiger partial charge >= 0.3 is 0 Å². The van der Waals surface area contributed by atoms with Crippen molar-refractivity contribution in [1.29, 1.82) is 0 Å². The molecule has 4 heteroatoms. The summed E-state index contributed by atoms with van der Waals surface area (Å²) in [6, 6.07) is 10.4. The zero-order valence-electron chi connectivity index (χ0n) is 10.2. The molecule has 0 atom stereocenters. The van der Waals surface area contributed by atoms with Gasteiger partial charge in [0.1, 0.15) is 0 Å². The highest BCUT2D eigenvalue weighted by Crippen LogP contribution is 2.21.